The first-order valence-electron chi connectivity index (χ1n) is 6.80. The predicted molar refractivity (Wildman–Crippen MR) is 86.0 cm³/mol. The van der Waals surface area contributed by atoms with Gasteiger partial charge in [0.2, 0.25) is 10.0 Å². The van der Waals surface area contributed by atoms with Gasteiger partial charge in [0, 0.05) is 11.3 Å². The molecule has 0 aromatic heterocycles. The van der Waals surface area contributed by atoms with Crippen LogP contribution in [0.4, 0.5) is 0 Å². The molecule has 1 N–H and O–H groups in total. The molecule has 1 fully saturated rings. The molecule has 7 heteroatoms. The number of thioether (sulfide) groups is 1. The van der Waals surface area contributed by atoms with Crippen molar-refractivity contribution < 1.29 is 8.42 Å². The molecule has 0 spiro atoms. The summed E-state index contributed by atoms with van der Waals surface area (Å²) < 4.78 is 27.6. The molecule has 1 aliphatic rings. The highest BCUT2D eigenvalue weighted by molar-refractivity contribution is 7.99. The highest BCUT2D eigenvalue weighted by atomic mass is 35.5. The second kappa shape index (κ2) is 7.01. The zero-order valence-corrected chi connectivity index (χ0v) is 14.1. The summed E-state index contributed by atoms with van der Waals surface area (Å²) in [6.45, 7) is 2.11. The highest BCUT2D eigenvalue weighted by Crippen LogP contribution is 2.31. The molecule has 1 saturated carbocycles. The predicted octanol–water partition coefficient (Wildman–Crippen LogP) is 3.16. The van der Waals surface area contributed by atoms with Gasteiger partial charge in [0.05, 0.1) is 16.7 Å². The topological polar surface area (TPSA) is 70.0 Å². The first-order chi connectivity index (χ1) is 9.96. The Bertz CT molecular complexity index is 655. The molecule has 2 rings (SSSR count). The van der Waals surface area contributed by atoms with Crippen molar-refractivity contribution in [3.63, 3.8) is 0 Å². The molecular formula is C14H17ClN2O2S2. The first kappa shape index (κ1) is 16.6. The minimum atomic E-state index is -3.69. The first-order valence-corrected chi connectivity index (χ1v) is 9.71. The standard InChI is InChI=1S/C14H17ClN2O2S2/c1-2-20-12-5-4-11(8-12)17-21(18,19)14-7-10(9-16)3-6-13(14)15/h3,6-7,11-12,17H,2,4-5,8H2,1H3. The lowest BCUT2D eigenvalue weighted by Gasteiger charge is -2.14. The van der Waals surface area contributed by atoms with Crippen molar-refractivity contribution in [3.05, 3.63) is 28.8 Å². The summed E-state index contributed by atoms with van der Waals surface area (Å²) in [6.07, 6.45) is 2.71. The fourth-order valence-corrected chi connectivity index (χ4v) is 5.45. The summed E-state index contributed by atoms with van der Waals surface area (Å²) in [4.78, 5) is -0.0187. The van der Waals surface area contributed by atoms with Crippen LogP contribution in [0, 0.1) is 11.3 Å². The van der Waals surface area contributed by atoms with Crippen LogP contribution in [0.15, 0.2) is 23.1 Å². The second-order valence-corrected chi connectivity index (χ2v) is 8.63. The third kappa shape index (κ3) is 4.13. The summed E-state index contributed by atoms with van der Waals surface area (Å²) in [5, 5.41) is 9.54. The van der Waals surface area contributed by atoms with Crippen molar-refractivity contribution in [2.24, 2.45) is 0 Å². The van der Waals surface area contributed by atoms with E-state index >= 15 is 0 Å². The SMILES string of the molecule is CCSC1CCC(NS(=O)(=O)c2cc(C#N)ccc2Cl)C1. The molecule has 0 radical (unpaired) electrons. The van der Waals surface area contributed by atoms with Crippen LogP contribution < -0.4 is 4.72 Å². The van der Waals surface area contributed by atoms with Crippen LogP contribution in [-0.2, 0) is 10.0 Å². The Hall–Kier alpha value is -0.740. The van der Waals surface area contributed by atoms with Crippen molar-refractivity contribution >= 4 is 33.4 Å². The van der Waals surface area contributed by atoms with Crippen LogP contribution in [0.1, 0.15) is 31.7 Å². The van der Waals surface area contributed by atoms with E-state index in [9.17, 15) is 8.42 Å². The van der Waals surface area contributed by atoms with Crippen molar-refractivity contribution in [2.45, 2.75) is 42.4 Å². The summed E-state index contributed by atoms with van der Waals surface area (Å²) >= 11 is 7.84. The van der Waals surface area contributed by atoms with E-state index in [4.69, 9.17) is 16.9 Å². The highest BCUT2D eigenvalue weighted by Gasteiger charge is 2.29. The third-order valence-electron chi connectivity index (χ3n) is 3.46. The summed E-state index contributed by atoms with van der Waals surface area (Å²) in [6, 6.07) is 6.14. The lowest BCUT2D eigenvalue weighted by Crippen LogP contribution is -2.33. The summed E-state index contributed by atoms with van der Waals surface area (Å²) in [5.74, 6) is 1.04. The maximum atomic E-state index is 12.4. The van der Waals surface area contributed by atoms with Gasteiger partial charge in [-0.1, -0.05) is 18.5 Å². The van der Waals surface area contributed by atoms with Gasteiger partial charge >= 0.3 is 0 Å². The molecule has 1 aromatic rings. The molecule has 4 nitrogen and oxygen atoms in total. The van der Waals surface area contributed by atoms with Gasteiger partial charge in [-0.15, -0.1) is 0 Å². The van der Waals surface area contributed by atoms with E-state index in [2.05, 4.69) is 11.6 Å². The Morgan fingerprint density at radius 3 is 2.90 bits per heavy atom. The van der Waals surface area contributed by atoms with Crippen molar-refractivity contribution in [1.82, 2.24) is 4.72 Å². The van der Waals surface area contributed by atoms with Gasteiger partial charge in [0.25, 0.3) is 0 Å². The van der Waals surface area contributed by atoms with E-state index in [1.54, 1.807) is 0 Å². The van der Waals surface area contributed by atoms with E-state index in [0.717, 1.165) is 25.0 Å². The van der Waals surface area contributed by atoms with Gasteiger partial charge in [-0.05, 0) is 43.2 Å². The number of nitrogens with zero attached hydrogens (tertiary/aromatic N) is 1. The molecule has 0 saturated heterocycles. The fourth-order valence-electron chi connectivity index (χ4n) is 2.50. The molecule has 2 atom stereocenters. The van der Waals surface area contributed by atoms with Gasteiger partial charge in [0.15, 0.2) is 0 Å². The third-order valence-corrected chi connectivity index (χ3v) is 6.69. The lowest BCUT2D eigenvalue weighted by atomic mass is 10.2. The van der Waals surface area contributed by atoms with E-state index in [1.807, 2.05) is 17.8 Å². The number of nitrogens with one attached hydrogen (secondary N) is 1. The number of halogens is 1. The number of rotatable bonds is 5. The minimum absolute atomic E-state index is 0.0187. The largest absolute Gasteiger partial charge is 0.242 e. The second-order valence-electron chi connectivity index (χ2n) is 4.97. The Kier molecular flexibility index (Phi) is 5.55. The molecule has 1 aromatic carbocycles. The average molecular weight is 345 g/mol. The molecule has 1 aliphatic carbocycles. The smallest absolute Gasteiger partial charge is 0.208 e. The van der Waals surface area contributed by atoms with Gasteiger partial charge < -0.3 is 0 Å². The van der Waals surface area contributed by atoms with Crippen molar-refractivity contribution in [1.29, 1.82) is 5.26 Å². The van der Waals surface area contributed by atoms with Crippen LogP contribution in [0.5, 0.6) is 0 Å². The Morgan fingerprint density at radius 1 is 1.48 bits per heavy atom. The van der Waals surface area contributed by atoms with Crippen LogP contribution in [0.3, 0.4) is 0 Å². The normalized spacial score (nSPS) is 22.1. The van der Waals surface area contributed by atoms with Crippen LogP contribution in [0.2, 0.25) is 5.02 Å². The van der Waals surface area contributed by atoms with Gasteiger partial charge in [-0.25, -0.2) is 13.1 Å². The van der Waals surface area contributed by atoms with E-state index in [0.29, 0.717) is 5.25 Å². The molecule has 0 heterocycles. The lowest BCUT2D eigenvalue weighted by molar-refractivity contribution is 0.552. The maximum Gasteiger partial charge on any atom is 0.242 e. The Labute approximate surface area is 134 Å². The molecule has 0 aliphatic heterocycles. The molecule has 0 bridgehead atoms. The van der Waals surface area contributed by atoms with Gasteiger partial charge in [-0.3, -0.25) is 0 Å². The van der Waals surface area contributed by atoms with Gasteiger partial charge in [-0.2, -0.15) is 17.0 Å². The number of sulfonamides is 1. The van der Waals surface area contributed by atoms with Crippen LogP contribution in [-0.4, -0.2) is 25.5 Å². The minimum Gasteiger partial charge on any atom is -0.208 e. The Morgan fingerprint density at radius 2 is 2.24 bits per heavy atom. The monoisotopic (exact) mass is 344 g/mol. The van der Waals surface area contributed by atoms with Crippen molar-refractivity contribution in [2.75, 3.05) is 5.75 Å². The van der Waals surface area contributed by atoms with Crippen LogP contribution in [0.25, 0.3) is 0 Å². The maximum absolute atomic E-state index is 12.4. The van der Waals surface area contributed by atoms with E-state index in [-0.39, 0.29) is 21.5 Å². The molecule has 114 valence electrons. The molecule has 0 amide bonds. The van der Waals surface area contributed by atoms with E-state index < -0.39 is 10.0 Å². The zero-order chi connectivity index (χ0) is 15.5. The molecular weight excluding hydrogens is 328 g/mol. The molecule has 21 heavy (non-hydrogen) atoms. The summed E-state index contributed by atoms with van der Waals surface area (Å²) in [5.41, 5.74) is 0.283. The number of hydrogen-bond acceptors (Lipinski definition) is 4. The number of nitriles is 1. The van der Waals surface area contributed by atoms with Gasteiger partial charge in [0.1, 0.15) is 4.90 Å². The quantitative estimate of drug-likeness (QED) is 0.890. The molecule has 2 unspecified atom stereocenters. The van der Waals surface area contributed by atoms with E-state index in [1.165, 1.54) is 18.2 Å². The van der Waals surface area contributed by atoms with Crippen LogP contribution >= 0.6 is 23.4 Å². The van der Waals surface area contributed by atoms with Crippen molar-refractivity contribution in [3.8, 4) is 6.07 Å². The summed E-state index contributed by atoms with van der Waals surface area (Å²) in [7, 11) is -3.69. The Balaban J connectivity index is 2.15. The zero-order valence-electron chi connectivity index (χ0n) is 11.7. The number of benzene rings is 1. The fraction of sp³-hybridized carbons (Fsp3) is 0.500. The average Bonchev–Trinajstić information content (AvgIpc) is 2.86. The number of hydrogen-bond donors (Lipinski definition) is 1.